The Kier molecular flexibility index (Phi) is 4.18. The van der Waals surface area contributed by atoms with Crippen LogP contribution < -0.4 is 5.32 Å². The second kappa shape index (κ2) is 6.10. The van der Waals surface area contributed by atoms with E-state index >= 15 is 0 Å². The monoisotopic (exact) mass is 322 g/mol. The highest BCUT2D eigenvalue weighted by Crippen LogP contribution is 2.32. The van der Waals surface area contributed by atoms with Crippen LogP contribution >= 0.6 is 11.6 Å². The number of benzene rings is 1. The standard InChI is InChI=1S/C16H16ClFN2O2/c1-20-6-4-14(19-16(21)11-5-7-22-9-11)15(20)10-2-3-12(17)13(18)8-10/h2-3,5,7-9,14-15H,4,6H2,1H3,(H,19,21). The molecule has 1 aromatic carbocycles. The lowest BCUT2D eigenvalue weighted by atomic mass is 9.99. The molecule has 1 N–H and O–H groups in total. The van der Waals surface area contributed by atoms with E-state index in [9.17, 15) is 9.18 Å². The largest absolute Gasteiger partial charge is 0.472 e. The Hall–Kier alpha value is -1.85. The van der Waals surface area contributed by atoms with Crippen molar-refractivity contribution in [2.45, 2.75) is 18.5 Å². The molecule has 0 spiro atoms. The summed E-state index contributed by atoms with van der Waals surface area (Å²) in [4.78, 5) is 14.3. The van der Waals surface area contributed by atoms with Crippen molar-refractivity contribution in [3.8, 4) is 0 Å². The van der Waals surface area contributed by atoms with Crippen molar-refractivity contribution >= 4 is 17.5 Å². The first kappa shape index (κ1) is 15.1. The number of halogens is 2. The molecule has 2 heterocycles. The molecule has 0 aliphatic carbocycles. The first-order valence-electron chi connectivity index (χ1n) is 7.04. The van der Waals surface area contributed by atoms with Crippen molar-refractivity contribution in [2.75, 3.05) is 13.6 Å². The lowest BCUT2D eigenvalue weighted by Gasteiger charge is -2.26. The summed E-state index contributed by atoms with van der Waals surface area (Å²) in [6.07, 6.45) is 3.67. The molecule has 1 saturated heterocycles. The number of hydrogen-bond donors (Lipinski definition) is 1. The smallest absolute Gasteiger partial charge is 0.254 e. The summed E-state index contributed by atoms with van der Waals surface area (Å²) in [5, 5.41) is 3.10. The van der Waals surface area contributed by atoms with Crippen molar-refractivity contribution in [1.82, 2.24) is 10.2 Å². The lowest BCUT2D eigenvalue weighted by Crippen LogP contribution is -2.38. The second-order valence-electron chi connectivity index (χ2n) is 5.48. The Bertz CT molecular complexity index is 675. The Balaban J connectivity index is 1.81. The zero-order chi connectivity index (χ0) is 15.7. The van der Waals surface area contributed by atoms with E-state index in [2.05, 4.69) is 10.2 Å². The van der Waals surface area contributed by atoms with Gasteiger partial charge in [-0.3, -0.25) is 9.69 Å². The third-order valence-electron chi connectivity index (χ3n) is 4.03. The molecule has 6 heteroatoms. The average molecular weight is 323 g/mol. The van der Waals surface area contributed by atoms with Crippen LogP contribution in [0.25, 0.3) is 0 Å². The minimum Gasteiger partial charge on any atom is -0.472 e. The van der Waals surface area contributed by atoms with Crippen LogP contribution in [-0.2, 0) is 0 Å². The van der Waals surface area contributed by atoms with Crippen LogP contribution in [0.15, 0.2) is 41.2 Å². The maximum atomic E-state index is 13.7. The van der Waals surface area contributed by atoms with E-state index in [1.165, 1.54) is 18.6 Å². The molecule has 0 saturated carbocycles. The Morgan fingerprint density at radius 2 is 2.27 bits per heavy atom. The maximum absolute atomic E-state index is 13.7. The lowest BCUT2D eigenvalue weighted by molar-refractivity contribution is 0.0927. The van der Waals surface area contributed by atoms with Gasteiger partial charge in [0.15, 0.2) is 0 Å². The van der Waals surface area contributed by atoms with Gasteiger partial charge in [0, 0.05) is 6.54 Å². The van der Waals surface area contributed by atoms with Gasteiger partial charge in [-0.15, -0.1) is 0 Å². The summed E-state index contributed by atoms with van der Waals surface area (Å²) in [5.74, 6) is -0.632. The molecule has 1 amide bonds. The third kappa shape index (κ3) is 2.87. The zero-order valence-corrected chi connectivity index (χ0v) is 12.8. The van der Waals surface area contributed by atoms with Gasteiger partial charge < -0.3 is 9.73 Å². The molecule has 1 aromatic heterocycles. The fourth-order valence-electron chi connectivity index (χ4n) is 2.93. The fourth-order valence-corrected chi connectivity index (χ4v) is 3.04. The number of carbonyl (C=O) groups excluding carboxylic acids is 1. The van der Waals surface area contributed by atoms with Crippen LogP contribution in [0.4, 0.5) is 4.39 Å². The van der Waals surface area contributed by atoms with E-state index in [0.717, 1.165) is 18.5 Å². The summed E-state index contributed by atoms with van der Waals surface area (Å²) < 4.78 is 18.6. The van der Waals surface area contributed by atoms with Crippen molar-refractivity contribution < 1.29 is 13.6 Å². The summed E-state index contributed by atoms with van der Waals surface area (Å²) in [7, 11) is 1.96. The van der Waals surface area contributed by atoms with Gasteiger partial charge in [-0.2, -0.15) is 0 Å². The van der Waals surface area contributed by atoms with Crippen LogP contribution in [0.3, 0.4) is 0 Å². The first-order chi connectivity index (χ1) is 10.6. The Morgan fingerprint density at radius 3 is 2.95 bits per heavy atom. The molecule has 1 fully saturated rings. The molecule has 3 rings (SSSR count). The predicted octanol–water partition coefficient (Wildman–Crippen LogP) is 3.25. The molecular formula is C16H16ClFN2O2. The predicted molar refractivity (Wildman–Crippen MR) is 81.4 cm³/mol. The topological polar surface area (TPSA) is 45.5 Å². The highest BCUT2D eigenvalue weighted by molar-refractivity contribution is 6.30. The van der Waals surface area contributed by atoms with E-state index in [1.54, 1.807) is 18.2 Å². The molecule has 4 nitrogen and oxygen atoms in total. The zero-order valence-electron chi connectivity index (χ0n) is 12.1. The number of likely N-dealkylation sites (N-methyl/N-ethyl adjacent to an activating group) is 1. The molecule has 2 unspecified atom stereocenters. The van der Waals surface area contributed by atoms with Gasteiger partial charge in [0.1, 0.15) is 12.1 Å². The van der Waals surface area contributed by atoms with Gasteiger partial charge in [-0.1, -0.05) is 17.7 Å². The number of nitrogens with zero attached hydrogens (tertiary/aromatic N) is 1. The van der Waals surface area contributed by atoms with Crippen LogP contribution in [-0.4, -0.2) is 30.4 Å². The van der Waals surface area contributed by atoms with Gasteiger partial charge in [-0.25, -0.2) is 4.39 Å². The first-order valence-corrected chi connectivity index (χ1v) is 7.42. The second-order valence-corrected chi connectivity index (χ2v) is 5.89. The van der Waals surface area contributed by atoms with Gasteiger partial charge >= 0.3 is 0 Å². The average Bonchev–Trinajstić information content (AvgIpc) is 3.13. The Morgan fingerprint density at radius 1 is 1.45 bits per heavy atom. The van der Waals surface area contributed by atoms with Crippen LogP contribution in [0.1, 0.15) is 28.4 Å². The molecule has 2 aromatic rings. The molecule has 2 atom stereocenters. The highest BCUT2D eigenvalue weighted by atomic mass is 35.5. The number of rotatable bonds is 3. The molecule has 22 heavy (non-hydrogen) atoms. The van der Waals surface area contributed by atoms with Crippen molar-refractivity contribution in [3.63, 3.8) is 0 Å². The molecular weight excluding hydrogens is 307 g/mol. The molecule has 116 valence electrons. The Labute approximate surface area is 132 Å². The van der Waals surface area contributed by atoms with Gasteiger partial charge in [0.25, 0.3) is 5.91 Å². The van der Waals surface area contributed by atoms with Crippen molar-refractivity contribution in [3.05, 3.63) is 58.8 Å². The minimum atomic E-state index is -0.445. The normalized spacial score (nSPS) is 22.0. The summed E-state index contributed by atoms with van der Waals surface area (Å²) in [6.45, 7) is 0.825. The number of amides is 1. The number of carbonyl (C=O) groups is 1. The van der Waals surface area contributed by atoms with Crippen molar-refractivity contribution in [1.29, 1.82) is 0 Å². The van der Waals surface area contributed by atoms with Gasteiger partial charge in [0.05, 0.1) is 28.9 Å². The number of furan rings is 1. The van der Waals surface area contributed by atoms with E-state index < -0.39 is 5.82 Å². The summed E-state index contributed by atoms with van der Waals surface area (Å²) in [5.41, 5.74) is 1.29. The summed E-state index contributed by atoms with van der Waals surface area (Å²) >= 11 is 5.74. The van der Waals surface area contributed by atoms with E-state index in [1.807, 2.05) is 7.05 Å². The molecule has 1 aliphatic rings. The number of hydrogen-bond acceptors (Lipinski definition) is 3. The van der Waals surface area contributed by atoms with Crippen molar-refractivity contribution in [2.24, 2.45) is 0 Å². The highest BCUT2D eigenvalue weighted by Gasteiger charge is 2.34. The number of likely N-dealkylation sites (tertiary alicyclic amines) is 1. The molecule has 0 bridgehead atoms. The van der Waals surface area contributed by atoms with Crippen LogP contribution in [0.5, 0.6) is 0 Å². The number of nitrogens with one attached hydrogen (secondary N) is 1. The minimum absolute atomic E-state index is 0.0809. The van der Waals surface area contributed by atoms with Gasteiger partial charge in [-0.05, 0) is 37.2 Å². The van der Waals surface area contributed by atoms with E-state index in [0.29, 0.717) is 5.56 Å². The SMILES string of the molecule is CN1CCC(NC(=O)c2ccoc2)C1c1ccc(Cl)c(F)c1. The fraction of sp³-hybridized carbons (Fsp3) is 0.312. The summed E-state index contributed by atoms with van der Waals surface area (Å²) in [6, 6.07) is 6.23. The van der Waals surface area contributed by atoms with E-state index in [-0.39, 0.29) is 23.0 Å². The molecule has 1 aliphatic heterocycles. The third-order valence-corrected chi connectivity index (χ3v) is 4.34. The quantitative estimate of drug-likeness (QED) is 0.943. The van der Waals surface area contributed by atoms with Gasteiger partial charge in [0.2, 0.25) is 0 Å². The van der Waals surface area contributed by atoms with Crippen LogP contribution in [0.2, 0.25) is 5.02 Å². The maximum Gasteiger partial charge on any atom is 0.254 e. The van der Waals surface area contributed by atoms with Crippen LogP contribution in [0, 0.1) is 5.82 Å². The van der Waals surface area contributed by atoms with E-state index in [4.69, 9.17) is 16.0 Å². The molecule has 0 radical (unpaired) electrons.